The highest BCUT2D eigenvalue weighted by atomic mass is 15.1. The molecule has 2 nitrogen and oxygen atoms in total. The summed E-state index contributed by atoms with van der Waals surface area (Å²) >= 11 is 0. The summed E-state index contributed by atoms with van der Waals surface area (Å²) in [5, 5.41) is 2.55. The Morgan fingerprint density at radius 3 is 1.34 bits per heavy atom. The van der Waals surface area contributed by atoms with Crippen LogP contribution in [0.25, 0.3) is 78.1 Å². The zero-order chi connectivity index (χ0) is 41.1. The predicted molar refractivity (Wildman–Crippen MR) is 259 cm³/mol. The van der Waals surface area contributed by atoms with Crippen LogP contribution in [0.3, 0.4) is 0 Å². The molecule has 0 spiro atoms. The van der Waals surface area contributed by atoms with Crippen molar-refractivity contribution < 1.29 is 0 Å². The summed E-state index contributed by atoms with van der Waals surface area (Å²) in [5.41, 5.74) is 20.4. The first kappa shape index (κ1) is 36.4. The van der Waals surface area contributed by atoms with Crippen molar-refractivity contribution in [3.63, 3.8) is 0 Å². The third-order valence-corrected chi connectivity index (χ3v) is 12.8. The molecule has 1 aromatic heterocycles. The molecule has 11 rings (SSSR count). The largest absolute Gasteiger partial charge is 0.310 e. The summed E-state index contributed by atoms with van der Waals surface area (Å²) in [6, 6.07) is 77.6. The highest BCUT2D eigenvalue weighted by Gasteiger charge is 2.36. The molecule has 1 heterocycles. The van der Waals surface area contributed by atoms with Gasteiger partial charge in [0.05, 0.1) is 11.0 Å². The molecule has 61 heavy (non-hydrogen) atoms. The van der Waals surface area contributed by atoms with Gasteiger partial charge in [0.1, 0.15) is 0 Å². The molecule has 0 bridgehead atoms. The average Bonchev–Trinajstić information content (AvgIpc) is 3.77. The standard InChI is InChI=1S/C59H44N2/c1-4-40-18-20-42(21-19-40)43-22-24-44(25-23-43)46-28-32-48(33-29-46)60(47-30-26-45(27-31-47)41-12-6-5-7-13-41)49-34-36-51-52-37-35-50(39-56(52)59(2,3)55(51)38-49)61-57-16-10-8-14-53(57)54-15-9-11-17-58(54)61/h4-39H,1H2,2-3H3. The minimum Gasteiger partial charge on any atom is -0.310 e. The van der Waals surface area contributed by atoms with Crippen molar-refractivity contribution in [1.29, 1.82) is 0 Å². The minimum atomic E-state index is -0.220. The van der Waals surface area contributed by atoms with E-state index in [2.05, 4.69) is 242 Å². The molecular formula is C59H44N2. The van der Waals surface area contributed by atoms with Gasteiger partial charge >= 0.3 is 0 Å². The molecule has 0 unspecified atom stereocenters. The lowest BCUT2D eigenvalue weighted by atomic mass is 9.82. The van der Waals surface area contributed by atoms with Gasteiger partial charge in [-0.05, 0) is 122 Å². The third-order valence-electron chi connectivity index (χ3n) is 12.8. The van der Waals surface area contributed by atoms with E-state index in [1.807, 2.05) is 6.08 Å². The number of aromatic nitrogens is 1. The van der Waals surface area contributed by atoms with E-state index in [-0.39, 0.29) is 5.41 Å². The second kappa shape index (κ2) is 14.5. The van der Waals surface area contributed by atoms with Crippen LogP contribution >= 0.6 is 0 Å². The van der Waals surface area contributed by atoms with Gasteiger partial charge in [0, 0.05) is 38.9 Å². The monoisotopic (exact) mass is 780 g/mol. The van der Waals surface area contributed by atoms with Crippen molar-refractivity contribution in [2.24, 2.45) is 0 Å². The lowest BCUT2D eigenvalue weighted by Gasteiger charge is -2.28. The fraction of sp³-hybridized carbons (Fsp3) is 0.0508. The van der Waals surface area contributed by atoms with Gasteiger partial charge in [-0.2, -0.15) is 0 Å². The lowest BCUT2D eigenvalue weighted by Crippen LogP contribution is -2.17. The van der Waals surface area contributed by atoms with Crippen LogP contribution in [0, 0.1) is 0 Å². The first-order valence-corrected chi connectivity index (χ1v) is 21.1. The van der Waals surface area contributed by atoms with Crippen LogP contribution in [-0.4, -0.2) is 4.57 Å². The number of fused-ring (bicyclic) bond motifs is 6. The predicted octanol–water partition coefficient (Wildman–Crippen LogP) is 16.2. The Morgan fingerprint density at radius 1 is 0.410 bits per heavy atom. The van der Waals surface area contributed by atoms with Crippen LogP contribution < -0.4 is 4.90 Å². The quantitative estimate of drug-likeness (QED) is 0.149. The number of anilines is 3. The number of nitrogens with zero attached hydrogens (tertiary/aromatic N) is 2. The van der Waals surface area contributed by atoms with Crippen molar-refractivity contribution in [2.45, 2.75) is 19.3 Å². The van der Waals surface area contributed by atoms with Gasteiger partial charge in [-0.25, -0.2) is 0 Å². The van der Waals surface area contributed by atoms with Gasteiger partial charge in [-0.3, -0.25) is 0 Å². The van der Waals surface area contributed by atoms with E-state index in [1.165, 1.54) is 83.1 Å². The first-order chi connectivity index (χ1) is 29.9. The van der Waals surface area contributed by atoms with Crippen molar-refractivity contribution in [3.05, 3.63) is 236 Å². The van der Waals surface area contributed by atoms with Crippen molar-refractivity contribution in [3.8, 4) is 50.2 Å². The lowest BCUT2D eigenvalue weighted by molar-refractivity contribution is 0.660. The Morgan fingerprint density at radius 2 is 0.820 bits per heavy atom. The SMILES string of the molecule is C=Cc1ccc(-c2ccc(-c3ccc(N(c4ccc(-c5ccccc5)cc4)c4ccc5c(c4)C(C)(C)c4cc(-n6c7ccccc7c7ccccc76)ccc4-5)cc3)cc2)cc1. The van der Waals surface area contributed by atoms with Gasteiger partial charge in [0.15, 0.2) is 0 Å². The zero-order valence-corrected chi connectivity index (χ0v) is 34.4. The molecule has 0 aliphatic heterocycles. The smallest absolute Gasteiger partial charge is 0.0541 e. The number of hydrogen-bond donors (Lipinski definition) is 0. The Hall–Kier alpha value is -7.68. The molecule has 0 N–H and O–H groups in total. The molecule has 1 aliphatic rings. The topological polar surface area (TPSA) is 8.17 Å². The highest BCUT2D eigenvalue weighted by Crippen LogP contribution is 2.52. The van der Waals surface area contributed by atoms with Crippen LogP contribution in [0.15, 0.2) is 219 Å². The fourth-order valence-corrected chi connectivity index (χ4v) is 9.54. The van der Waals surface area contributed by atoms with E-state index < -0.39 is 0 Å². The van der Waals surface area contributed by atoms with Gasteiger partial charge in [0.2, 0.25) is 0 Å². The van der Waals surface area contributed by atoms with E-state index in [4.69, 9.17) is 0 Å². The molecule has 0 saturated heterocycles. The Bertz CT molecular complexity index is 3190. The van der Waals surface area contributed by atoms with E-state index in [9.17, 15) is 0 Å². The molecular weight excluding hydrogens is 737 g/mol. The van der Waals surface area contributed by atoms with Crippen LogP contribution in [0.4, 0.5) is 17.1 Å². The van der Waals surface area contributed by atoms with Crippen LogP contribution in [0.5, 0.6) is 0 Å². The molecule has 0 atom stereocenters. The van der Waals surface area contributed by atoms with E-state index in [0.717, 1.165) is 22.6 Å². The Labute approximate surface area is 358 Å². The molecule has 290 valence electrons. The Kier molecular flexibility index (Phi) is 8.68. The summed E-state index contributed by atoms with van der Waals surface area (Å²) in [5.74, 6) is 0. The van der Waals surface area contributed by atoms with Crippen LogP contribution in [0.1, 0.15) is 30.5 Å². The van der Waals surface area contributed by atoms with Gasteiger partial charge in [0.25, 0.3) is 0 Å². The zero-order valence-electron chi connectivity index (χ0n) is 34.4. The van der Waals surface area contributed by atoms with E-state index in [0.29, 0.717) is 0 Å². The van der Waals surface area contributed by atoms with E-state index in [1.54, 1.807) is 0 Å². The summed E-state index contributed by atoms with van der Waals surface area (Å²) in [4.78, 5) is 2.40. The number of benzene rings is 9. The molecule has 0 amide bonds. The molecule has 0 fully saturated rings. The summed E-state index contributed by atoms with van der Waals surface area (Å²) in [6.07, 6.45) is 1.88. The van der Waals surface area contributed by atoms with Gasteiger partial charge in [-0.15, -0.1) is 0 Å². The maximum absolute atomic E-state index is 3.89. The van der Waals surface area contributed by atoms with Gasteiger partial charge in [-0.1, -0.05) is 178 Å². The summed E-state index contributed by atoms with van der Waals surface area (Å²) in [7, 11) is 0. The van der Waals surface area contributed by atoms with E-state index >= 15 is 0 Å². The van der Waals surface area contributed by atoms with Crippen LogP contribution in [0.2, 0.25) is 0 Å². The van der Waals surface area contributed by atoms with Crippen molar-refractivity contribution in [1.82, 2.24) is 4.57 Å². The fourth-order valence-electron chi connectivity index (χ4n) is 9.54. The highest BCUT2D eigenvalue weighted by molar-refractivity contribution is 6.09. The van der Waals surface area contributed by atoms with Gasteiger partial charge < -0.3 is 9.47 Å². The third kappa shape index (κ3) is 6.19. The number of rotatable bonds is 8. The average molecular weight is 781 g/mol. The van der Waals surface area contributed by atoms with Crippen molar-refractivity contribution in [2.75, 3.05) is 4.90 Å². The second-order valence-electron chi connectivity index (χ2n) is 16.7. The Balaban J connectivity index is 0.970. The maximum atomic E-state index is 3.89. The summed E-state index contributed by atoms with van der Waals surface area (Å²) < 4.78 is 2.43. The molecule has 2 heteroatoms. The molecule has 10 aromatic rings. The summed E-state index contributed by atoms with van der Waals surface area (Å²) in [6.45, 7) is 8.65. The molecule has 1 aliphatic carbocycles. The molecule has 0 radical (unpaired) electrons. The minimum absolute atomic E-state index is 0.220. The normalized spacial score (nSPS) is 12.6. The second-order valence-corrected chi connectivity index (χ2v) is 16.7. The van der Waals surface area contributed by atoms with Crippen LogP contribution in [-0.2, 0) is 5.41 Å². The molecule has 0 saturated carbocycles. The number of para-hydroxylation sites is 2. The number of hydrogen-bond acceptors (Lipinski definition) is 1. The molecule has 9 aromatic carbocycles. The van der Waals surface area contributed by atoms with Crippen molar-refractivity contribution >= 4 is 44.9 Å². The maximum Gasteiger partial charge on any atom is 0.0541 e. The first-order valence-electron chi connectivity index (χ1n) is 21.1.